The molecule has 0 unspecified atom stereocenters. The largest absolute Gasteiger partial charge is 0.334 e. The lowest BCUT2D eigenvalue weighted by Gasteiger charge is -2.26. The number of hydrogen-bond acceptors (Lipinski definition) is 4. The predicted molar refractivity (Wildman–Crippen MR) is 101 cm³/mol. The molecular weight excluding hydrogens is 326 g/mol. The highest BCUT2D eigenvalue weighted by molar-refractivity contribution is 5.93. The molecule has 5 nitrogen and oxygen atoms in total. The molecule has 0 spiro atoms. The van der Waals surface area contributed by atoms with Crippen LogP contribution in [0.2, 0.25) is 0 Å². The van der Waals surface area contributed by atoms with E-state index < -0.39 is 5.91 Å². The molecule has 0 saturated carbocycles. The maximum atomic E-state index is 11.5. The first kappa shape index (κ1) is 16.1. The lowest BCUT2D eigenvalue weighted by Crippen LogP contribution is -2.20. The Bertz CT molecular complexity index is 931. The summed E-state index contributed by atoms with van der Waals surface area (Å²) in [5.41, 5.74) is 7.24. The van der Waals surface area contributed by atoms with Crippen molar-refractivity contribution in [2.75, 3.05) is 4.90 Å². The number of amides is 1. The Morgan fingerprint density at radius 3 is 2.08 bits per heavy atom. The van der Waals surface area contributed by atoms with Gasteiger partial charge in [0, 0.05) is 17.6 Å². The number of rotatable bonds is 3. The molecule has 0 bridgehead atoms. The highest BCUT2D eigenvalue weighted by Crippen LogP contribution is 2.36. The van der Waals surface area contributed by atoms with Gasteiger partial charge in [0.15, 0.2) is 0 Å². The summed E-state index contributed by atoms with van der Waals surface area (Å²) >= 11 is 0. The van der Waals surface area contributed by atoms with Crippen LogP contribution < -0.4 is 10.4 Å². The second-order valence-electron chi connectivity index (χ2n) is 6.02. The van der Waals surface area contributed by atoms with E-state index >= 15 is 0 Å². The van der Waals surface area contributed by atoms with Gasteiger partial charge in [0.1, 0.15) is 0 Å². The van der Waals surface area contributed by atoms with Crippen molar-refractivity contribution < 1.29 is 10.0 Å². The fraction of sp³-hybridized carbons (Fsp3) is 0.0476. The molecule has 1 aromatic heterocycles. The summed E-state index contributed by atoms with van der Waals surface area (Å²) in [7, 11) is 0. The van der Waals surface area contributed by atoms with E-state index in [0.29, 0.717) is 12.1 Å². The Labute approximate surface area is 151 Å². The number of fused-ring (bicyclic) bond motifs is 2. The molecule has 0 atom stereocenters. The zero-order valence-corrected chi connectivity index (χ0v) is 14.0. The maximum Gasteiger partial charge on any atom is 0.276 e. The van der Waals surface area contributed by atoms with E-state index in [1.165, 1.54) is 6.20 Å². The second-order valence-corrected chi connectivity index (χ2v) is 6.02. The van der Waals surface area contributed by atoms with Gasteiger partial charge in [-0.3, -0.25) is 15.0 Å². The lowest BCUT2D eigenvalue weighted by atomic mass is 10.1. The van der Waals surface area contributed by atoms with Crippen molar-refractivity contribution in [3.63, 3.8) is 0 Å². The number of carbonyl (C=O) groups is 1. The Morgan fingerprint density at radius 2 is 1.54 bits per heavy atom. The zero-order valence-electron chi connectivity index (χ0n) is 14.0. The van der Waals surface area contributed by atoms with Crippen molar-refractivity contribution in [3.8, 4) is 0 Å². The first-order valence-corrected chi connectivity index (χ1v) is 8.29. The van der Waals surface area contributed by atoms with Gasteiger partial charge in [-0.15, -0.1) is 0 Å². The van der Waals surface area contributed by atoms with Gasteiger partial charge in [-0.1, -0.05) is 48.6 Å². The van der Waals surface area contributed by atoms with E-state index in [-0.39, 0.29) is 0 Å². The number of nitrogens with one attached hydrogen (secondary N) is 1. The average Bonchev–Trinajstić information content (AvgIpc) is 2.86. The average molecular weight is 343 g/mol. The van der Waals surface area contributed by atoms with Crippen molar-refractivity contribution in [1.82, 2.24) is 10.5 Å². The van der Waals surface area contributed by atoms with Crippen LogP contribution in [0.4, 0.5) is 11.4 Å². The van der Waals surface area contributed by atoms with Gasteiger partial charge >= 0.3 is 0 Å². The quantitative estimate of drug-likeness (QED) is 0.557. The van der Waals surface area contributed by atoms with Crippen LogP contribution >= 0.6 is 0 Å². The topological polar surface area (TPSA) is 65.5 Å². The number of anilines is 2. The van der Waals surface area contributed by atoms with Gasteiger partial charge < -0.3 is 4.90 Å². The minimum absolute atomic E-state index is 0.314. The van der Waals surface area contributed by atoms with Crippen LogP contribution in [0.5, 0.6) is 0 Å². The minimum atomic E-state index is -0.571. The second kappa shape index (κ2) is 6.82. The number of benzene rings is 2. The van der Waals surface area contributed by atoms with Gasteiger partial charge in [0.05, 0.1) is 17.8 Å². The van der Waals surface area contributed by atoms with E-state index in [0.717, 1.165) is 28.2 Å². The molecular formula is C21H17N3O2. The van der Waals surface area contributed by atoms with E-state index in [1.807, 2.05) is 24.3 Å². The molecule has 26 heavy (non-hydrogen) atoms. The molecule has 0 fully saturated rings. The standard InChI is InChI=1S/C21H17N3O2/c25-21(23-26)17-11-12-18(22-13-17)14-24-19-7-3-1-5-15(19)9-10-16-6-2-4-8-20(16)24/h1-13,26H,14H2,(H,23,25). The molecule has 0 saturated heterocycles. The zero-order chi connectivity index (χ0) is 17.9. The predicted octanol–water partition coefficient (Wildman–Crippen LogP) is 4.02. The molecule has 3 aromatic rings. The molecule has 4 rings (SSSR count). The van der Waals surface area contributed by atoms with Crippen LogP contribution in [-0.4, -0.2) is 16.1 Å². The molecule has 2 aromatic carbocycles. The molecule has 128 valence electrons. The summed E-state index contributed by atoms with van der Waals surface area (Å²) < 4.78 is 0. The Hall–Kier alpha value is -3.44. The van der Waals surface area contributed by atoms with Crippen molar-refractivity contribution in [2.24, 2.45) is 0 Å². The van der Waals surface area contributed by atoms with Gasteiger partial charge in [0.25, 0.3) is 5.91 Å². The SMILES string of the molecule is O=C(NO)c1ccc(CN2c3ccccc3C=Cc3ccccc32)nc1. The van der Waals surface area contributed by atoms with Crippen LogP contribution in [0, 0.1) is 0 Å². The molecule has 0 aliphatic carbocycles. The van der Waals surface area contributed by atoms with E-state index in [1.54, 1.807) is 17.6 Å². The van der Waals surface area contributed by atoms with Crippen molar-refractivity contribution >= 4 is 29.4 Å². The van der Waals surface area contributed by atoms with Crippen LogP contribution in [0.25, 0.3) is 12.2 Å². The number of nitrogens with zero attached hydrogens (tertiary/aromatic N) is 2. The number of pyridine rings is 1. The highest BCUT2D eigenvalue weighted by Gasteiger charge is 2.18. The Balaban J connectivity index is 1.74. The summed E-state index contributed by atoms with van der Waals surface area (Å²) in [6, 6.07) is 19.9. The molecule has 1 aliphatic heterocycles. The van der Waals surface area contributed by atoms with Gasteiger partial charge in [-0.25, -0.2) is 5.48 Å². The third-order valence-electron chi connectivity index (χ3n) is 4.41. The van der Waals surface area contributed by atoms with Gasteiger partial charge in [0.2, 0.25) is 0 Å². The number of hydroxylamine groups is 1. The Morgan fingerprint density at radius 1 is 0.923 bits per heavy atom. The van der Waals surface area contributed by atoms with Crippen molar-refractivity contribution in [2.45, 2.75) is 6.54 Å². The summed E-state index contributed by atoms with van der Waals surface area (Å²) in [5.74, 6) is -0.571. The summed E-state index contributed by atoms with van der Waals surface area (Å²) in [4.78, 5) is 18.1. The van der Waals surface area contributed by atoms with Crippen molar-refractivity contribution in [1.29, 1.82) is 0 Å². The fourth-order valence-electron chi connectivity index (χ4n) is 3.11. The third kappa shape index (κ3) is 2.96. The summed E-state index contributed by atoms with van der Waals surface area (Å²) in [6.07, 6.45) is 5.71. The smallest absolute Gasteiger partial charge is 0.276 e. The molecule has 1 amide bonds. The maximum absolute atomic E-state index is 11.5. The molecule has 2 N–H and O–H groups in total. The third-order valence-corrected chi connectivity index (χ3v) is 4.41. The van der Waals surface area contributed by atoms with Crippen molar-refractivity contribution in [3.05, 3.63) is 89.2 Å². The molecule has 2 heterocycles. The van der Waals surface area contributed by atoms with Gasteiger partial charge in [-0.2, -0.15) is 0 Å². The van der Waals surface area contributed by atoms with Gasteiger partial charge in [-0.05, 0) is 35.4 Å². The summed E-state index contributed by atoms with van der Waals surface area (Å²) in [6.45, 7) is 0.566. The molecule has 0 radical (unpaired) electrons. The summed E-state index contributed by atoms with van der Waals surface area (Å²) in [5, 5.41) is 8.73. The highest BCUT2D eigenvalue weighted by atomic mass is 16.5. The monoisotopic (exact) mass is 343 g/mol. The molecule has 5 heteroatoms. The fourth-order valence-corrected chi connectivity index (χ4v) is 3.11. The normalized spacial score (nSPS) is 12.1. The number of aromatic nitrogens is 1. The Kier molecular flexibility index (Phi) is 4.21. The first-order chi connectivity index (χ1) is 12.8. The molecule has 1 aliphatic rings. The minimum Gasteiger partial charge on any atom is -0.334 e. The van der Waals surface area contributed by atoms with E-state index in [4.69, 9.17) is 5.21 Å². The first-order valence-electron chi connectivity index (χ1n) is 8.29. The van der Waals surface area contributed by atoms with E-state index in [2.05, 4.69) is 46.3 Å². The van der Waals surface area contributed by atoms with Crippen LogP contribution in [0.1, 0.15) is 27.2 Å². The number of hydrogen-bond donors (Lipinski definition) is 2. The number of carbonyl (C=O) groups excluding carboxylic acids is 1. The van der Waals surface area contributed by atoms with Crippen LogP contribution in [-0.2, 0) is 6.54 Å². The van der Waals surface area contributed by atoms with Crippen LogP contribution in [0.3, 0.4) is 0 Å². The lowest BCUT2D eigenvalue weighted by molar-refractivity contribution is 0.0706. The number of para-hydroxylation sites is 2. The van der Waals surface area contributed by atoms with E-state index in [9.17, 15) is 4.79 Å². The van der Waals surface area contributed by atoms with Crippen LogP contribution in [0.15, 0.2) is 66.9 Å².